The molecule has 74 heavy (non-hydrogen) atoms. The van der Waals surface area contributed by atoms with Crippen molar-refractivity contribution in [3.05, 3.63) is 99.0 Å². The number of esters is 1. The Bertz CT molecular complexity index is 2620. The summed E-state index contributed by atoms with van der Waals surface area (Å²) < 4.78 is 115. The Morgan fingerprint density at radius 2 is 1.41 bits per heavy atom. The molecule has 0 saturated heterocycles. The molecule has 0 spiro atoms. The number of nitrogens with one attached hydrogen (secondary N) is 4. The second-order valence-electron chi connectivity index (χ2n) is 17.0. The predicted molar refractivity (Wildman–Crippen MR) is 255 cm³/mol. The maximum Gasteiger partial charge on any atom is 0.313 e. The normalized spacial score (nSPS) is 15.0. The molecule has 6 N–H and O–H groups in total. The predicted octanol–water partition coefficient (Wildman–Crippen LogP) is 3.50. The number of anilines is 1. The number of hydrazone groups is 1. The molecule has 5 rings (SSSR count). The van der Waals surface area contributed by atoms with Crippen LogP contribution in [0.5, 0.6) is 5.75 Å². The maximum absolute atomic E-state index is 15.0. The van der Waals surface area contributed by atoms with Gasteiger partial charge in [-0.2, -0.15) is 19.0 Å². The smallest absolute Gasteiger partial charge is 0.313 e. The second-order valence-corrected chi connectivity index (χ2v) is 17.0. The lowest BCUT2D eigenvalue weighted by Gasteiger charge is -2.36. The Morgan fingerprint density at radius 1 is 0.797 bits per heavy atom. The molecule has 0 radical (unpaired) electrons. The minimum Gasteiger partial charge on any atom is -0.420 e. The molecule has 0 aliphatic carbocycles. The van der Waals surface area contributed by atoms with Crippen LogP contribution in [0.15, 0.2) is 52.4 Å². The van der Waals surface area contributed by atoms with Crippen LogP contribution in [0, 0.1) is 40.8 Å². The van der Waals surface area contributed by atoms with Crippen LogP contribution in [0.4, 0.5) is 32.0 Å². The standard InChI is InChI=1S/C48H59F6N9O11/c1-27(2)42(60-37(64)9-12-69-15-17-71-19-20-72-18-16-70-13-10-38(65)74-45-40(53)34(51)23-35(52)41(45)54)47(67)58-28(3)46(66)56-11-14-73-26-63-48(68)32-21-31(50)22-36-39(32)44(61-63)33(24-62(4)57-25-55)43(59-36)29-5-7-30(49)8-6-29/h5-8,21-23,25,27-28,33,42-43,59H,9-20,24,26H2,1-4H3,(H2,55,57)(H,56,66)(H,58,67)(H,60,64)/t28-,33?,42-,43+/m0/s1. The van der Waals surface area contributed by atoms with E-state index in [9.17, 15) is 50.3 Å². The first-order valence-electron chi connectivity index (χ1n) is 23.4. The molecule has 404 valence electrons. The highest BCUT2D eigenvalue weighted by Crippen LogP contribution is 2.44. The molecule has 2 heterocycles. The van der Waals surface area contributed by atoms with Crippen LogP contribution in [0.1, 0.15) is 56.8 Å². The van der Waals surface area contributed by atoms with Crippen molar-refractivity contribution in [3.8, 4) is 5.75 Å². The monoisotopic (exact) mass is 1050 g/mol. The number of halogens is 6. The van der Waals surface area contributed by atoms with E-state index in [4.69, 9.17) is 29.4 Å². The van der Waals surface area contributed by atoms with Gasteiger partial charge in [-0.05, 0) is 42.7 Å². The summed E-state index contributed by atoms with van der Waals surface area (Å²) in [5.41, 5.74) is 6.37. The van der Waals surface area contributed by atoms with Crippen LogP contribution >= 0.6 is 0 Å². The number of hydrogen-bond acceptors (Lipinski definition) is 15. The topological polar surface area (TPSA) is 248 Å². The van der Waals surface area contributed by atoms with Crippen LogP contribution < -0.4 is 37.3 Å². The molecule has 4 aromatic rings. The number of likely N-dealkylation sites (N-methyl/N-ethyl adjacent to an activating group) is 1. The van der Waals surface area contributed by atoms with E-state index < -0.39 is 100 Å². The Kier molecular flexibility index (Phi) is 22.4. The summed E-state index contributed by atoms with van der Waals surface area (Å²) in [6.45, 7) is 5.36. The van der Waals surface area contributed by atoms with Crippen molar-refractivity contribution in [1.82, 2.24) is 30.7 Å². The van der Waals surface area contributed by atoms with Gasteiger partial charge in [-0.3, -0.25) is 29.0 Å². The molecule has 20 nitrogen and oxygen atoms in total. The number of ether oxygens (including phenoxy) is 6. The van der Waals surface area contributed by atoms with Gasteiger partial charge in [0.05, 0.1) is 83.0 Å². The highest BCUT2D eigenvalue weighted by atomic mass is 19.2. The summed E-state index contributed by atoms with van der Waals surface area (Å²) in [6.07, 6.45) is 0.600. The first-order chi connectivity index (χ1) is 35.4. The number of carbonyl (C=O) groups is 4. The SMILES string of the molecule is CC(C)[C@H](NC(=O)CCOCCOCCOCCOCCC(=O)Oc1c(F)c(F)cc(F)c1F)C(=O)N[C@@H](C)C(=O)NCCOCn1nc2c3c(cc(F)cc3c1=O)N[C@H](c1ccc(F)cc1)C2CN(C)/N=C\N. The number of rotatable bonds is 30. The second kappa shape index (κ2) is 28.5. The number of nitrogens with two attached hydrogens (primary N) is 1. The number of benzene rings is 3. The van der Waals surface area contributed by atoms with Crippen molar-refractivity contribution >= 4 is 46.5 Å². The maximum atomic E-state index is 15.0. The number of aromatic nitrogens is 2. The van der Waals surface area contributed by atoms with E-state index in [1.54, 1.807) is 38.0 Å². The molecule has 3 amide bonds. The molecule has 0 fully saturated rings. The third-order valence-corrected chi connectivity index (χ3v) is 11.2. The summed E-state index contributed by atoms with van der Waals surface area (Å²) in [5.74, 6) is -13.3. The van der Waals surface area contributed by atoms with E-state index >= 15 is 0 Å². The fraction of sp³-hybridized carbons (Fsp3) is 0.479. The molecule has 4 atom stereocenters. The molecule has 1 aliphatic rings. The third-order valence-electron chi connectivity index (χ3n) is 11.2. The van der Waals surface area contributed by atoms with E-state index in [0.29, 0.717) is 22.3 Å². The van der Waals surface area contributed by atoms with Gasteiger partial charge in [0, 0.05) is 49.6 Å². The van der Waals surface area contributed by atoms with Crippen LogP contribution in [-0.4, -0.2) is 137 Å². The Morgan fingerprint density at radius 3 is 2.01 bits per heavy atom. The van der Waals surface area contributed by atoms with Gasteiger partial charge in [-0.15, -0.1) is 0 Å². The van der Waals surface area contributed by atoms with Gasteiger partial charge in [0.25, 0.3) is 5.56 Å². The summed E-state index contributed by atoms with van der Waals surface area (Å²) in [4.78, 5) is 64.2. The Hall–Kier alpha value is -6.87. The van der Waals surface area contributed by atoms with Gasteiger partial charge < -0.3 is 55.4 Å². The van der Waals surface area contributed by atoms with E-state index in [-0.39, 0.29) is 103 Å². The van der Waals surface area contributed by atoms with Crippen molar-refractivity contribution in [3.63, 3.8) is 0 Å². The zero-order valence-corrected chi connectivity index (χ0v) is 41.0. The quantitative estimate of drug-likeness (QED) is 0.00733. The summed E-state index contributed by atoms with van der Waals surface area (Å²) >= 11 is 0. The average molecular weight is 1050 g/mol. The molecule has 1 unspecified atom stereocenters. The number of amides is 3. The van der Waals surface area contributed by atoms with E-state index in [1.807, 2.05) is 0 Å². The van der Waals surface area contributed by atoms with Crippen LogP contribution in [0.3, 0.4) is 0 Å². The summed E-state index contributed by atoms with van der Waals surface area (Å²) in [5, 5.41) is 22.1. The van der Waals surface area contributed by atoms with E-state index in [2.05, 4.69) is 36.2 Å². The van der Waals surface area contributed by atoms with Crippen LogP contribution in [-0.2, 0) is 49.6 Å². The lowest BCUT2D eigenvalue weighted by Crippen LogP contribution is -2.54. The number of carbonyl (C=O) groups excluding carboxylic acids is 4. The zero-order valence-electron chi connectivity index (χ0n) is 41.0. The average Bonchev–Trinajstić information content (AvgIpc) is 3.35. The fourth-order valence-corrected chi connectivity index (χ4v) is 7.51. The highest BCUT2D eigenvalue weighted by Gasteiger charge is 2.36. The molecular weight excluding hydrogens is 993 g/mol. The summed E-state index contributed by atoms with van der Waals surface area (Å²) in [7, 11) is 1.69. The molecule has 26 heteroatoms. The van der Waals surface area contributed by atoms with Crippen LogP contribution in [0.2, 0.25) is 0 Å². The third kappa shape index (κ3) is 16.6. The number of nitrogens with zero attached hydrogens (tertiary/aromatic N) is 4. The largest absolute Gasteiger partial charge is 0.420 e. The van der Waals surface area contributed by atoms with Crippen molar-refractivity contribution in [2.24, 2.45) is 16.8 Å². The summed E-state index contributed by atoms with van der Waals surface area (Å²) in [6, 6.07) is 5.68. The first-order valence-corrected chi connectivity index (χ1v) is 23.4. The zero-order chi connectivity index (χ0) is 53.9. The minimum atomic E-state index is -1.83. The van der Waals surface area contributed by atoms with Crippen molar-refractivity contribution in [1.29, 1.82) is 0 Å². The molecular formula is C48H59F6N9O11. The minimum absolute atomic E-state index is 0.00903. The Balaban J connectivity index is 0.961. The lowest BCUT2D eigenvalue weighted by atomic mass is 9.84. The van der Waals surface area contributed by atoms with Gasteiger partial charge in [0.1, 0.15) is 36.8 Å². The molecule has 3 aromatic carbocycles. The van der Waals surface area contributed by atoms with Crippen molar-refractivity contribution in [2.45, 2.75) is 64.4 Å². The first kappa shape index (κ1) is 58.0. The van der Waals surface area contributed by atoms with Gasteiger partial charge in [-0.1, -0.05) is 26.0 Å². The van der Waals surface area contributed by atoms with Gasteiger partial charge in [0.15, 0.2) is 11.6 Å². The fourth-order valence-electron chi connectivity index (χ4n) is 7.51. The molecule has 1 aromatic heterocycles. The Labute approximate surface area is 421 Å². The van der Waals surface area contributed by atoms with Gasteiger partial charge >= 0.3 is 5.97 Å². The molecule has 0 bridgehead atoms. The van der Waals surface area contributed by atoms with Crippen molar-refractivity contribution < 1.29 is 73.9 Å². The lowest BCUT2D eigenvalue weighted by molar-refractivity contribution is -0.136. The molecule has 1 aliphatic heterocycles. The van der Waals surface area contributed by atoms with Crippen LogP contribution in [0.25, 0.3) is 10.8 Å². The van der Waals surface area contributed by atoms with E-state index in [1.165, 1.54) is 25.1 Å². The van der Waals surface area contributed by atoms with E-state index in [0.717, 1.165) is 17.1 Å². The van der Waals surface area contributed by atoms with Gasteiger partial charge in [0.2, 0.25) is 35.1 Å². The van der Waals surface area contributed by atoms with Gasteiger partial charge in [-0.25, -0.2) is 22.2 Å². The molecule has 0 saturated carbocycles. The van der Waals surface area contributed by atoms with Crippen molar-refractivity contribution in [2.75, 3.05) is 84.9 Å². The highest BCUT2D eigenvalue weighted by molar-refractivity contribution is 5.97. The number of hydrogen-bond donors (Lipinski definition) is 5.